The third-order valence-electron chi connectivity index (χ3n) is 3.66. The van der Waals surface area contributed by atoms with Crippen LogP contribution in [0.1, 0.15) is 18.9 Å². The third-order valence-corrected chi connectivity index (χ3v) is 3.66. The van der Waals surface area contributed by atoms with Crippen molar-refractivity contribution in [3.05, 3.63) is 66.2 Å². The molecule has 0 radical (unpaired) electrons. The van der Waals surface area contributed by atoms with Crippen LogP contribution in [0.5, 0.6) is 0 Å². The highest BCUT2D eigenvalue weighted by Gasteiger charge is 2.07. The predicted molar refractivity (Wildman–Crippen MR) is 101 cm³/mol. The van der Waals surface area contributed by atoms with Gasteiger partial charge in [-0.15, -0.1) is 0 Å². The first-order chi connectivity index (χ1) is 11.7. The van der Waals surface area contributed by atoms with Crippen molar-refractivity contribution < 1.29 is 0 Å². The standard InChI is InChI=1S/C20H22N4/c1-3-13-21-19-14-18(16-7-5-4-6-8-16)23-20(24-19)22-17-11-9-15(2)10-12-17/h4-12,14H,3,13H2,1-2H3,(H2,21,22,23,24). The third kappa shape index (κ3) is 4.10. The van der Waals surface area contributed by atoms with Gasteiger partial charge in [-0.1, -0.05) is 55.0 Å². The van der Waals surface area contributed by atoms with Gasteiger partial charge in [-0.05, 0) is 25.5 Å². The summed E-state index contributed by atoms with van der Waals surface area (Å²) in [7, 11) is 0. The number of nitrogens with one attached hydrogen (secondary N) is 2. The first-order valence-corrected chi connectivity index (χ1v) is 8.26. The van der Waals surface area contributed by atoms with Gasteiger partial charge in [-0.25, -0.2) is 4.98 Å². The fraction of sp³-hybridized carbons (Fsp3) is 0.200. The van der Waals surface area contributed by atoms with Crippen molar-refractivity contribution in [3.8, 4) is 11.3 Å². The molecule has 0 aliphatic heterocycles. The molecule has 0 saturated carbocycles. The number of anilines is 3. The van der Waals surface area contributed by atoms with Crippen LogP contribution in [0, 0.1) is 6.92 Å². The summed E-state index contributed by atoms with van der Waals surface area (Å²) in [4.78, 5) is 9.25. The molecule has 0 unspecified atom stereocenters. The van der Waals surface area contributed by atoms with Gasteiger partial charge in [0.05, 0.1) is 5.69 Å². The number of aromatic nitrogens is 2. The first-order valence-electron chi connectivity index (χ1n) is 8.26. The van der Waals surface area contributed by atoms with Gasteiger partial charge in [0.1, 0.15) is 5.82 Å². The van der Waals surface area contributed by atoms with Crippen molar-refractivity contribution >= 4 is 17.5 Å². The lowest BCUT2D eigenvalue weighted by atomic mass is 10.1. The van der Waals surface area contributed by atoms with Crippen LogP contribution in [0.15, 0.2) is 60.7 Å². The van der Waals surface area contributed by atoms with Gasteiger partial charge in [0.25, 0.3) is 0 Å². The fourth-order valence-corrected chi connectivity index (χ4v) is 2.37. The molecule has 0 spiro atoms. The molecule has 0 aliphatic rings. The molecule has 0 aliphatic carbocycles. The normalized spacial score (nSPS) is 10.4. The van der Waals surface area contributed by atoms with Crippen molar-refractivity contribution in [3.63, 3.8) is 0 Å². The van der Waals surface area contributed by atoms with Crippen molar-refractivity contribution in [1.82, 2.24) is 9.97 Å². The molecule has 3 aromatic rings. The van der Waals surface area contributed by atoms with E-state index in [2.05, 4.69) is 58.7 Å². The Labute approximate surface area is 143 Å². The minimum atomic E-state index is 0.596. The number of aryl methyl sites for hydroxylation is 1. The average Bonchev–Trinajstić information content (AvgIpc) is 2.62. The summed E-state index contributed by atoms with van der Waals surface area (Å²) in [5.41, 5.74) is 4.18. The van der Waals surface area contributed by atoms with E-state index in [4.69, 9.17) is 0 Å². The van der Waals surface area contributed by atoms with Crippen LogP contribution in [0.3, 0.4) is 0 Å². The summed E-state index contributed by atoms with van der Waals surface area (Å²) in [6, 6.07) is 20.4. The van der Waals surface area contributed by atoms with E-state index in [0.29, 0.717) is 5.95 Å². The Bertz CT molecular complexity index is 782. The maximum atomic E-state index is 4.67. The summed E-state index contributed by atoms with van der Waals surface area (Å²) < 4.78 is 0. The molecule has 2 N–H and O–H groups in total. The van der Waals surface area contributed by atoms with Gasteiger partial charge in [0, 0.05) is 23.9 Å². The lowest BCUT2D eigenvalue weighted by Crippen LogP contribution is -2.06. The van der Waals surface area contributed by atoms with E-state index in [9.17, 15) is 0 Å². The van der Waals surface area contributed by atoms with Crippen molar-refractivity contribution in [1.29, 1.82) is 0 Å². The number of rotatable bonds is 6. The average molecular weight is 318 g/mol. The van der Waals surface area contributed by atoms with Gasteiger partial charge >= 0.3 is 0 Å². The van der Waals surface area contributed by atoms with E-state index in [0.717, 1.165) is 35.7 Å². The molecule has 0 amide bonds. The largest absolute Gasteiger partial charge is 0.370 e. The van der Waals surface area contributed by atoms with Gasteiger partial charge in [0.2, 0.25) is 5.95 Å². The summed E-state index contributed by atoms with van der Waals surface area (Å²) in [5.74, 6) is 1.43. The lowest BCUT2D eigenvalue weighted by Gasteiger charge is -2.11. The van der Waals surface area contributed by atoms with Gasteiger partial charge in [-0.3, -0.25) is 0 Å². The van der Waals surface area contributed by atoms with Crippen LogP contribution in [0.2, 0.25) is 0 Å². The molecule has 1 aromatic heterocycles. The highest BCUT2D eigenvalue weighted by Crippen LogP contribution is 2.23. The molecular weight excluding hydrogens is 296 g/mol. The van der Waals surface area contributed by atoms with Gasteiger partial charge < -0.3 is 10.6 Å². The summed E-state index contributed by atoms with van der Waals surface area (Å²) >= 11 is 0. The second kappa shape index (κ2) is 7.59. The predicted octanol–water partition coefficient (Wildman–Crippen LogP) is 5.02. The highest BCUT2D eigenvalue weighted by molar-refractivity contribution is 5.66. The van der Waals surface area contributed by atoms with Crippen LogP contribution in [0.4, 0.5) is 17.5 Å². The molecule has 4 nitrogen and oxygen atoms in total. The maximum Gasteiger partial charge on any atom is 0.229 e. The van der Waals surface area contributed by atoms with E-state index in [1.54, 1.807) is 0 Å². The molecule has 122 valence electrons. The molecule has 0 atom stereocenters. The number of nitrogens with zero attached hydrogens (tertiary/aromatic N) is 2. The van der Waals surface area contributed by atoms with Gasteiger partial charge in [0.15, 0.2) is 0 Å². The minimum Gasteiger partial charge on any atom is -0.370 e. The van der Waals surface area contributed by atoms with Crippen LogP contribution in [-0.4, -0.2) is 16.5 Å². The second-order valence-corrected chi connectivity index (χ2v) is 5.75. The summed E-state index contributed by atoms with van der Waals surface area (Å²) in [6.07, 6.45) is 1.05. The zero-order valence-electron chi connectivity index (χ0n) is 14.1. The van der Waals surface area contributed by atoms with Crippen LogP contribution in [0.25, 0.3) is 11.3 Å². The molecule has 4 heteroatoms. The first kappa shape index (κ1) is 16.0. The Kier molecular flexibility index (Phi) is 5.06. The molecule has 0 fully saturated rings. The number of hydrogen-bond acceptors (Lipinski definition) is 4. The molecule has 0 saturated heterocycles. The van der Waals surface area contributed by atoms with E-state index in [1.165, 1.54) is 5.56 Å². The molecule has 2 aromatic carbocycles. The van der Waals surface area contributed by atoms with Crippen molar-refractivity contribution in [2.45, 2.75) is 20.3 Å². The number of hydrogen-bond donors (Lipinski definition) is 2. The highest BCUT2D eigenvalue weighted by atomic mass is 15.1. The Balaban J connectivity index is 1.93. The number of benzene rings is 2. The Morgan fingerprint density at radius 2 is 1.67 bits per heavy atom. The second-order valence-electron chi connectivity index (χ2n) is 5.75. The van der Waals surface area contributed by atoms with Crippen LogP contribution < -0.4 is 10.6 Å². The Morgan fingerprint density at radius 1 is 0.917 bits per heavy atom. The summed E-state index contributed by atoms with van der Waals surface area (Å²) in [5, 5.41) is 6.64. The van der Waals surface area contributed by atoms with E-state index < -0.39 is 0 Å². The summed E-state index contributed by atoms with van der Waals surface area (Å²) in [6.45, 7) is 5.09. The van der Waals surface area contributed by atoms with Crippen molar-refractivity contribution in [2.24, 2.45) is 0 Å². The topological polar surface area (TPSA) is 49.8 Å². The van der Waals surface area contributed by atoms with Crippen LogP contribution >= 0.6 is 0 Å². The van der Waals surface area contributed by atoms with E-state index in [-0.39, 0.29) is 0 Å². The molecular formula is C20H22N4. The minimum absolute atomic E-state index is 0.596. The van der Waals surface area contributed by atoms with Crippen LogP contribution in [-0.2, 0) is 0 Å². The lowest BCUT2D eigenvalue weighted by molar-refractivity contribution is 0.966. The van der Waals surface area contributed by atoms with Crippen molar-refractivity contribution in [2.75, 3.05) is 17.2 Å². The maximum absolute atomic E-state index is 4.67. The van der Waals surface area contributed by atoms with E-state index in [1.807, 2.05) is 36.4 Å². The molecule has 0 bridgehead atoms. The SMILES string of the molecule is CCCNc1cc(-c2ccccc2)nc(Nc2ccc(C)cc2)n1. The smallest absolute Gasteiger partial charge is 0.229 e. The Hall–Kier alpha value is -2.88. The molecule has 1 heterocycles. The Morgan fingerprint density at radius 3 is 2.38 bits per heavy atom. The molecule has 24 heavy (non-hydrogen) atoms. The molecule has 3 rings (SSSR count). The monoisotopic (exact) mass is 318 g/mol. The zero-order chi connectivity index (χ0) is 16.8. The quantitative estimate of drug-likeness (QED) is 0.670. The van der Waals surface area contributed by atoms with Gasteiger partial charge in [-0.2, -0.15) is 4.98 Å². The fourth-order valence-electron chi connectivity index (χ4n) is 2.37. The zero-order valence-corrected chi connectivity index (χ0v) is 14.1. The van der Waals surface area contributed by atoms with E-state index >= 15 is 0 Å².